The summed E-state index contributed by atoms with van der Waals surface area (Å²) in [6, 6.07) is 9.09. The molecule has 0 saturated heterocycles. The predicted octanol–water partition coefficient (Wildman–Crippen LogP) is 4.15. The van der Waals surface area contributed by atoms with Crippen molar-refractivity contribution in [1.29, 1.82) is 0 Å². The molecule has 0 amide bonds. The van der Waals surface area contributed by atoms with E-state index in [1.165, 1.54) is 0 Å². The topological polar surface area (TPSA) is 99.4 Å². The van der Waals surface area contributed by atoms with Crippen molar-refractivity contribution in [1.82, 2.24) is 10.2 Å². The fraction of sp³-hybridized carbons (Fsp3) is 0.300. The number of unbranched alkanes of at least 4 members (excludes halogenated alkanes) is 2. The fourth-order valence-electron chi connectivity index (χ4n) is 3.13. The van der Waals surface area contributed by atoms with Crippen LogP contribution < -0.4 is 5.76 Å². The highest BCUT2D eigenvalue weighted by Crippen LogP contribution is 2.45. The average molecular weight is 354 g/mol. The smallest absolute Gasteiger partial charge is 0.434 e. The van der Waals surface area contributed by atoms with Crippen LogP contribution in [0.1, 0.15) is 37.3 Å². The Kier molecular flexibility index (Phi) is 5.11. The molecule has 3 aromatic rings. The Balaban J connectivity index is 2.20. The van der Waals surface area contributed by atoms with E-state index in [-0.39, 0.29) is 17.4 Å². The van der Waals surface area contributed by atoms with Crippen LogP contribution in [-0.2, 0) is 6.42 Å². The summed E-state index contributed by atoms with van der Waals surface area (Å²) in [4.78, 5) is 11.4. The predicted molar refractivity (Wildman–Crippen MR) is 99.3 cm³/mol. The molecule has 0 aliphatic carbocycles. The van der Waals surface area contributed by atoms with Crippen molar-refractivity contribution >= 4 is 0 Å². The van der Waals surface area contributed by atoms with Gasteiger partial charge in [-0.1, -0.05) is 49.6 Å². The monoisotopic (exact) mass is 354 g/mol. The molecule has 136 valence electrons. The van der Waals surface area contributed by atoms with Gasteiger partial charge in [0, 0.05) is 0 Å². The van der Waals surface area contributed by atoms with Crippen molar-refractivity contribution in [2.24, 2.45) is 0 Å². The first-order valence-electron chi connectivity index (χ1n) is 8.72. The van der Waals surface area contributed by atoms with Gasteiger partial charge in [0.25, 0.3) is 5.89 Å². The summed E-state index contributed by atoms with van der Waals surface area (Å²) in [5, 5.41) is 27.6. The van der Waals surface area contributed by atoms with Crippen LogP contribution in [0.25, 0.3) is 22.6 Å². The SMILES string of the molecule is CCCCCc1cc(O)c(-c2cccc(C)c2)c(O)c1-c1n[nH]c(=O)o1. The highest BCUT2D eigenvalue weighted by atomic mass is 16.4. The third-order valence-electron chi connectivity index (χ3n) is 4.37. The van der Waals surface area contributed by atoms with Gasteiger partial charge in [-0.2, -0.15) is 0 Å². The van der Waals surface area contributed by atoms with Crippen LogP contribution in [0.4, 0.5) is 0 Å². The van der Waals surface area contributed by atoms with Gasteiger partial charge in [0.1, 0.15) is 11.5 Å². The maximum absolute atomic E-state index is 11.4. The Bertz CT molecular complexity index is 972. The van der Waals surface area contributed by atoms with Gasteiger partial charge in [0.15, 0.2) is 0 Å². The Labute approximate surface area is 151 Å². The number of hydrogen-bond donors (Lipinski definition) is 3. The quantitative estimate of drug-likeness (QED) is 0.578. The number of benzene rings is 2. The standard InChI is InChI=1S/C20H22N2O4/c1-3-4-5-8-14-11-15(23)16(13-9-6-7-12(2)10-13)18(24)17(14)19-21-22-20(25)26-19/h6-7,9-11,23-24H,3-5,8H2,1-2H3,(H,22,25). The number of H-pyrrole nitrogens is 1. The lowest BCUT2D eigenvalue weighted by Gasteiger charge is -2.15. The first-order chi connectivity index (χ1) is 12.5. The minimum absolute atomic E-state index is 0.0127. The zero-order valence-corrected chi connectivity index (χ0v) is 14.9. The summed E-state index contributed by atoms with van der Waals surface area (Å²) in [6.07, 6.45) is 3.59. The lowest BCUT2D eigenvalue weighted by molar-refractivity contribution is 0.450. The van der Waals surface area contributed by atoms with Gasteiger partial charge in [-0.15, -0.1) is 5.10 Å². The van der Waals surface area contributed by atoms with E-state index in [4.69, 9.17) is 4.42 Å². The maximum Gasteiger partial charge on any atom is 0.434 e. The fourth-order valence-corrected chi connectivity index (χ4v) is 3.13. The van der Waals surface area contributed by atoms with Gasteiger partial charge in [-0.3, -0.25) is 0 Å². The second kappa shape index (κ2) is 7.47. The number of aromatic nitrogens is 2. The molecular formula is C20H22N2O4. The second-order valence-electron chi connectivity index (χ2n) is 6.40. The first-order valence-corrected chi connectivity index (χ1v) is 8.72. The van der Waals surface area contributed by atoms with Crippen molar-refractivity contribution in [3.63, 3.8) is 0 Å². The van der Waals surface area contributed by atoms with Crippen LogP contribution in [0.5, 0.6) is 11.5 Å². The van der Waals surface area contributed by atoms with Crippen LogP contribution in [-0.4, -0.2) is 20.4 Å². The van der Waals surface area contributed by atoms with Crippen molar-refractivity contribution < 1.29 is 14.6 Å². The summed E-state index contributed by atoms with van der Waals surface area (Å²) in [5.41, 5.74) is 3.02. The number of nitrogens with zero attached hydrogens (tertiary/aromatic N) is 1. The summed E-state index contributed by atoms with van der Waals surface area (Å²) in [7, 11) is 0. The molecule has 2 aromatic carbocycles. The normalized spacial score (nSPS) is 11.0. The van der Waals surface area contributed by atoms with Gasteiger partial charge < -0.3 is 14.6 Å². The van der Waals surface area contributed by atoms with Gasteiger partial charge in [-0.25, -0.2) is 9.89 Å². The first kappa shape index (κ1) is 17.8. The molecule has 26 heavy (non-hydrogen) atoms. The van der Waals surface area contributed by atoms with E-state index in [0.29, 0.717) is 28.7 Å². The lowest BCUT2D eigenvalue weighted by atomic mass is 9.93. The van der Waals surface area contributed by atoms with Crippen LogP contribution in [0.3, 0.4) is 0 Å². The lowest BCUT2D eigenvalue weighted by Crippen LogP contribution is -1.95. The molecule has 0 spiro atoms. The van der Waals surface area contributed by atoms with Crippen LogP contribution in [0.15, 0.2) is 39.5 Å². The molecule has 3 N–H and O–H groups in total. The molecule has 1 heterocycles. The van der Waals surface area contributed by atoms with Crippen molar-refractivity contribution in [3.05, 3.63) is 52.0 Å². The molecular weight excluding hydrogens is 332 g/mol. The van der Waals surface area contributed by atoms with E-state index in [1.807, 2.05) is 31.2 Å². The van der Waals surface area contributed by atoms with Gasteiger partial charge >= 0.3 is 5.76 Å². The highest BCUT2D eigenvalue weighted by molar-refractivity contribution is 5.85. The van der Waals surface area contributed by atoms with E-state index in [1.54, 1.807) is 6.07 Å². The molecule has 1 aromatic heterocycles. The number of hydrogen-bond acceptors (Lipinski definition) is 5. The second-order valence-corrected chi connectivity index (χ2v) is 6.40. The Hall–Kier alpha value is -3.02. The Morgan fingerprint density at radius 2 is 1.96 bits per heavy atom. The number of aromatic amines is 1. The molecule has 0 fully saturated rings. The zero-order valence-electron chi connectivity index (χ0n) is 14.9. The molecule has 6 nitrogen and oxygen atoms in total. The third-order valence-corrected chi connectivity index (χ3v) is 4.37. The average Bonchev–Trinajstić information content (AvgIpc) is 3.01. The van der Waals surface area contributed by atoms with E-state index in [9.17, 15) is 15.0 Å². The van der Waals surface area contributed by atoms with E-state index in [0.717, 1.165) is 24.8 Å². The highest BCUT2D eigenvalue weighted by Gasteiger charge is 2.23. The van der Waals surface area contributed by atoms with Crippen molar-refractivity contribution in [2.75, 3.05) is 0 Å². The van der Waals surface area contributed by atoms with E-state index < -0.39 is 5.76 Å². The molecule has 3 rings (SSSR count). The molecule has 0 aliphatic rings. The number of rotatable bonds is 6. The van der Waals surface area contributed by atoms with E-state index >= 15 is 0 Å². The van der Waals surface area contributed by atoms with Gasteiger partial charge in [0.2, 0.25) is 0 Å². The molecule has 0 atom stereocenters. The van der Waals surface area contributed by atoms with Crippen molar-refractivity contribution in [3.8, 4) is 34.1 Å². The largest absolute Gasteiger partial charge is 0.507 e. The number of phenolic OH excluding ortho intramolecular Hbond substituents is 2. The van der Waals surface area contributed by atoms with Crippen LogP contribution >= 0.6 is 0 Å². The van der Waals surface area contributed by atoms with Crippen LogP contribution in [0.2, 0.25) is 0 Å². The summed E-state index contributed by atoms with van der Waals surface area (Å²) in [5.74, 6) is -0.824. The van der Waals surface area contributed by atoms with Crippen LogP contribution in [0, 0.1) is 6.92 Å². The zero-order chi connectivity index (χ0) is 18.7. The van der Waals surface area contributed by atoms with Gasteiger partial charge in [-0.05, 0) is 37.0 Å². The maximum atomic E-state index is 11.4. The number of nitrogens with one attached hydrogen (secondary N) is 1. The molecule has 0 saturated carbocycles. The summed E-state index contributed by atoms with van der Waals surface area (Å²) < 4.78 is 5.09. The molecule has 0 aliphatic heterocycles. The number of aromatic hydroxyl groups is 2. The molecule has 0 radical (unpaired) electrons. The third kappa shape index (κ3) is 3.49. The summed E-state index contributed by atoms with van der Waals surface area (Å²) >= 11 is 0. The Morgan fingerprint density at radius 3 is 2.62 bits per heavy atom. The van der Waals surface area contributed by atoms with E-state index in [2.05, 4.69) is 17.1 Å². The number of aryl methyl sites for hydroxylation is 2. The minimum Gasteiger partial charge on any atom is -0.507 e. The Morgan fingerprint density at radius 1 is 1.15 bits per heavy atom. The minimum atomic E-state index is -0.691. The summed E-state index contributed by atoms with van der Waals surface area (Å²) in [6.45, 7) is 4.04. The van der Waals surface area contributed by atoms with Crippen molar-refractivity contribution in [2.45, 2.75) is 39.5 Å². The van der Waals surface area contributed by atoms with Gasteiger partial charge in [0.05, 0.1) is 11.1 Å². The molecule has 6 heteroatoms. The molecule has 0 bridgehead atoms. The molecule has 0 unspecified atom stereocenters. The number of phenols is 2.